The smallest absolute Gasteiger partial charge is 0.269 e. The summed E-state index contributed by atoms with van der Waals surface area (Å²) in [6.45, 7) is 9.50. The van der Waals surface area contributed by atoms with Crippen molar-refractivity contribution in [3.63, 3.8) is 0 Å². The highest BCUT2D eigenvalue weighted by molar-refractivity contribution is 5.79. The van der Waals surface area contributed by atoms with Crippen molar-refractivity contribution < 1.29 is 4.39 Å². The monoisotopic (exact) mass is 443 g/mol. The molecule has 1 atom stereocenters. The molecule has 9 heteroatoms. The van der Waals surface area contributed by atoms with Gasteiger partial charge in [-0.2, -0.15) is 0 Å². The van der Waals surface area contributed by atoms with E-state index in [0.29, 0.717) is 34.4 Å². The number of benzene rings is 2. The van der Waals surface area contributed by atoms with Gasteiger partial charge in [-0.3, -0.25) is 14.4 Å². The van der Waals surface area contributed by atoms with Gasteiger partial charge in [-0.25, -0.2) is 19.3 Å². The zero-order chi connectivity index (χ0) is 23.5. The van der Waals surface area contributed by atoms with Crippen LogP contribution < -0.4 is 16.2 Å². The Balaban J connectivity index is 2.00. The number of hydrogen-bond donors (Lipinski definition) is 2. The molecule has 0 unspecified atom stereocenters. The molecule has 0 saturated carbocycles. The van der Waals surface area contributed by atoms with Crippen molar-refractivity contribution in [1.82, 2.24) is 19.5 Å². The Bertz CT molecular complexity index is 1420. The number of aliphatic imine (C=N–C) groups is 1. The number of hydrogen-bond acceptors (Lipinski definition) is 7. The molecule has 0 radical (unpaired) electrons. The third kappa shape index (κ3) is 3.96. The highest BCUT2D eigenvalue weighted by Gasteiger charge is 2.25. The van der Waals surface area contributed by atoms with Crippen LogP contribution in [-0.4, -0.2) is 33.3 Å². The van der Waals surface area contributed by atoms with E-state index in [1.165, 1.54) is 23.0 Å². The minimum Gasteiger partial charge on any atom is -0.371 e. The zero-order valence-electron chi connectivity index (χ0n) is 18.2. The number of fused-ring (bicyclic) bond motifs is 1. The van der Waals surface area contributed by atoms with Gasteiger partial charge >= 0.3 is 0 Å². The van der Waals surface area contributed by atoms with Crippen molar-refractivity contribution >= 4 is 34.9 Å². The SMILES string of the molecule is C=Nc1c(NC)ncnc1N[C@@H](C(=C)C)c1nc2cccc(F)c2c(=O)n1-c1ccccc1. The lowest BCUT2D eigenvalue weighted by Crippen LogP contribution is -2.29. The predicted octanol–water partition coefficient (Wildman–Crippen LogP) is 4.42. The van der Waals surface area contributed by atoms with Gasteiger partial charge in [-0.15, -0.1) is 0 Å². The normalized spacial score (nSPS) is 11.7. The second kappa shape index (κ2) is 8.99. The first kappa shape index (κ1) is 21.8. The van der Waals surface area contributed by atoms with Gasteiger partial charge in [0.25, 0.3) is 5.56 Å². The Morgan fingerprint density at radius 1 is 1.12 bits per heavy atom. The number of rotatable bonds is 7. The summed E-state index contributed by atoms with van der Waals surface area (Å²) >= 11 is 0. The average Bonchev–Trinajstić information content (AvgIpc) is 2.82. The first-order valence-corrected chi connectivity index (χ1v) is 10.1. The molecule has 0 aliphatic heterocycles. The molecular weight excluding hydrogens is 421 g/mol. The van der Waals surface area contributed by atoms with E-state index in [1.807, 2.05) is 6.07 Å². The lowest BCUT2D eigenvalue weighted by Gasteiger charge is -2.24. The first-order chi connectivity index (χ1) is 16.0. The third-order valence-corrected chi connectivity index (χ3v) is 5.14. The second-order valence-electron chi connectivity index (χ2n) is 7.33. The maximum Gasteiger partial charge on any atom is 0.269 e. The van der Waals surface area contributed by atoms with Gasteiger partial charge in [-0.05, 0) is 37.9 Å². The Kier molecular flexibility index (Phi) is 5.95. The lowest BCUT2D eigenvalue weighted by molar-refractivity contribution is 0.635. The van der Waals surface area contributed by atoms with Crippen molar-refractivity contribution in [2.24, 2.45) is 4.99 Å². The fourth-order valence-electron chi connectivity index (χ4n) is 3.59. The van der Waals surface area contributed by atoms with Crippen molar-refractivity contribution in [3.05, 3.63) is 89.0 Å². The summed E-state index contributed by atoms with van der Waals surface area (Å²) in [6.07, 6.45) is 1.38. The Labute approximate surface area is 189 Å². The fourth-order valence-corrected chi connectivity index (χ4v) is 3.59. The van der Waals surface area contributed by atoms with Crippen LogP contribution >= 0.6 is 0 Å². The Hall–Kier alpha value is -4.40. The van der Waals surface area contributed by atoms with E-state index in [1.54, 1.807) is 44.3 Å². The maximum absolute atomic E-state index is 14.6. The van der Waals surface area contributed by atoms with Crippen molar-refractivity contribution in [3.8, 4) is 5.69 Å². The van der Waals surface area contributed by atoms with E-state index in [-0.39, 0.29) is 10.9 Å². The molecule has 0 aliphatic rings. The number of nitrogens with zero attached hydrogens (tertiary/aromatic N) is 5. The number of anilines is 2. The molecule has 4 rings (SSSR count). The molecule has 0 amide bonds. The van der Waals surface area contributed by atoms with E-state index in [4.69, 9.17) is 0 Å². The number of para-hydroxylation sites is 1. The molecule has 0 saturated heterocycles. The third-order valence-electron chi connectivity index (χ3n) is 5.14. The summed E-state index contributed by atoms with van der Waals surface area (Å²) in [5, 5.41) is 6.13. The minimum atomic E-state index is -0.661. The molecule has 2 aromatic heterocycles. The highest BCUT2D eigenvalue weighted by Crippen LogP contribution is 2.33. The summed E-state index contributed by atoms with van der Waals surface area (Å²) in [4.78, 5) is 30.7. The quantitative estimate of drug-likeness (QED) is 0.324. The van der Waals surface area contributed by atoms with Crippen LogP contribution in [0.1, 0.15) is 18.8 Å². The standard InChI is InChI=1S/C24H22FN7O/c1-14(2)19(31-22-20(26-3)21(27-4)28-13-29-22)23-30-17-12-8-11-16(25)18(17)24(33)32(23)15-9-6-5-7-10-15/h5-13,19H,1,3H2,2,4H3,(H2,27,28,29,31)/t19-/m0/s1. The van der Waals surface area contributed by atoms with Gasteiger partial charge in [0.05, 0.1) is 11.2 Å². The largest absolute Gasteiger partial charge is 0.371 e. The molecule has 2 heterocycles. The van der Waals surface area contributed by atoms with Gasteiger partial charge in [0, 0.05) is 7.05 Å². The molecule has 2 aromatic carbocycles. The van der Waals surface area contributed by atoms with Crippen LogP contribution in [-0.2, 0) is 0 Å². The molecule has 4 aromatic rings. The predicted molar refractivity (Wildman–Crippen MR) is 129 cm³/mol. The molecule has 0 aliphatic carbocycles. The summed E-state index contributed by atoms with van der Waals surface area (Å²) in [5.41, 5.74) is 1.33. The van der Waals surface area contributed by atoms with Gasteiger partial charge < -0.3 is 10.6 Å². The van der Waals surface area contributed by atoms with Crippen LogP contribution in [0.15, 0.2) is 76.8 Å². The molecule has 0 fully saturated rings. The summed E-state index contributed by atoms with van der Waals surface area (Å²) in [7, 11) is 1.71. The molecule has 0 spiro atoms. The van der Waals surface area contributed by atoms with E-state index in [9.17, 15) is 9.18 Å². The molecule has 2 N–H and O–H groups in total. The molecule has 8 nitrogen and oxygen atoms in total. The van der Waals surface area contributed by atoms with Crippen LogP contribution in [0.5, 0.6) is 0 Å². The summed E-state index contributed by atoms with van der Waals surface area (Å²) in [5.74, 6) is 0.563. The van der Waals surface area contributed by atoms with Crippen molar-refractivity contribution in [2.75, 3.05) is 17.7 Å². The second-order valence-corrected chi connectivity index (χ2v) is 7.33. The maximum atomic E-state index is 14.6. The van der Waals surface area contributed by atoms with Crippen molar-refractivity contribution in [2.45, 2.75) is 13.0 Å². The van der Waals surface area contributed by atoms with Gasteiger partial charge in [0.2, 0.25) is 0 Å². The number of halogens is 1. The topological polar surface area (TPSA) is 97.1 Å². The van der Waals surface area contributed by atoms with Crippen molar-refractivity contribution in [1.29, 1.82) is 0 Å². The average molecular weight is 443 g/mol. The summed E-state index contributed by atoms with van der Waals surface area (Å²) in [6, 6.07) is 12.7. The zero-order valence-corrected chi connectivity index (χ0v) is 18.2. The number of nitrogens with one attached hydrogen (secondary N) is 2. The van der Waals surface area contributed by atoms with Crippen LogP contribution in [0.25, 0.3) is 16.6 Å². The van der Waals surface area contributed by atoms with Gasteiger partial charge in [0.1, 0.15) is 35.1 Å². The Morgan fingerprint density at radius 3 is 2.52 bits per heavy atom. The molecule has 33 heavy (non-hydrogen) atoms. The minimum absolute atomic E-state index is 0.0847. The van der Waals surface area contributed by atoms with E-state index in [0.717, 1.165) is 0 Å². The molecule has 166 valence electrons. The van der Waals surface area contributed by atoms with Gasteiger partial charge in [0.15, 0.2) is 11.6 Å². The van der Waals surface area contributed by atoms with E-state index < -0.39 is 17.4 Å². The fraction of sp³-hybridized carbons (Fsp3) is 0.125. The number of aromatic nitrogens is 4. The Morgan fingerprint density at radius 2 is 1.85 bits per heavy atom. The van der Waals surface area contributed by atoms with Gasteiger partial charge in [-0.1, -0.05) is 36.4 Å². The molecular formula is C24H22FN7O. The first-order valence-electron chi connectivity index (χ1n) is 10.1. The van der Waals surface area contributed by atoms with E-state index >= 15 is 0 Å². The van der Waals surface area contributed by atoms with Crippen LogP contribution in [0, 0.1) is 5.82 Å². The summed E-state index contributed by atoms with van der Waals surface area (Å²) < 4.78 is 16.0. The van der Waals surface area contributed by atoms with Crippen LogP contribution in [0.2, 0.25) is 0 Å². The van der Waals surface area contributed by atoms with Crippen LogP contribution in [0.4, 0.5) is 21.7 Å². The highest BCUT2D eigenvalue weighted by atomic mass is 19.1. The van der Waals surface area contributed by atoms with E-state index in [2.05, 4.69) is 43.9 Å². The lowest BCUT2D eigenvalue weighted by atomic mass is 10.1. The molecule has 0 bridgehead atoms. The van der Waals surface area contributed by atoms with Crippen LogP contribution in [0.3, 0.4) is 0 Å².